The van der Waals surface area contributed by atoms with Crippen molar-refractivity contribution in [1.82, 2.24) is 14.6 Å². The fraction of sp³-hybridized carbons (Fsp3) is 0.263. The number of hydrogen-bond donors (Lipinski definition) is 1. The van der Waals surface area contributed by atoms with E-state index in [0.717, 1.165) is 10.4 Å². The molecule has 3 heterocycles. The van der Waals surface area contributed by atoms with Crippen molar-refractivity contribution in [3.8, 4) is 0 Å². The lowest BCUT2D eigenvalue weighted by atomic mass is 10.3. The van der Waals surface area contributed by atoms with E-state index < -0.39 is 10.0 Å². The van der Waals surface area contributed by atoms with Gasteiger partial charge in [-0.25, -0.2) is 8.42 Å². The summed E-state index contributed by atoms with van der Waals surface area (Å²) >= 11 is 1.22. The van der Waals surface area contributed by atoms with E-state index in [9.17, 15) is 13.2 Å². The second-order valence-corrected chi connectivity index (χ2v) is 9.50. The fourth-order valence-electron chi connectivity index (χ4n) is 2.62. The van der Waals surface area contributed by atoms with Gasteiger partial charge in [-0.2, -0.15) is 4.31 Å². The maximum Gasteiger partial charge on any atom is 0.253 e. The smallest absolute Gasteiger partial charge is 0.253 e. The molecule has 9 heteroatoms. The van der Waals surface area contributed by atoms with Crippen molar-refractivity contribution < 1.29 is 17.6 Å². The predicted octanol–water partition coefficient (Wildman–Crippen LogP) is 2.81. The molecule has 0 unspecified atom stereocenters. The third kappa shape index (κ3) is 5.28. The highest BCUT2D eigenvalue weighted by atomic mass is 32.2. The molecule has 0 aliphatic carbocycles. The van der Waals surface area contributed by atoms with E-state index in [1.54, 1.807) is 42.7 Å². The van der Waals surface area contributed by atoms with Crippen molar-refractivity contribution in [3.05, 3.63) is 71.3 Å². The minimum absolute atomic E-state index is 0.106. The van der Waals surface area contributed by atoms with Crippen LogP contribution in [0.1, 0.15) is 23.1 Å². The van der Waals surface area contributed by atoms with Gasteiger partial charge in [-0.15, -0.1) is 11.3 Å². The van der Waals surface area contributed by atoms with Gasteiger partial charge in [0.1, 0.15) is 9.97 Å². The zero-order chi connectivity index (χ0) is 20.0. The van der Waals surface area contributed by atoms with Gasteiger partial charge in [-0.3, -0.25) is 9.78 Å². The van der Waals surface area contributed by atoms with Crippen molar-refractivity contribution in [3.63, 3.8) is 0 Å². The summed E-state index contributed by atoms with van der Waals surface area (Å²) in [6, 6.07) is 10.5. The Morgan fingerprint density at radius 1 is 1.21 bits per heavy atom. The van der Waals surface area contributed by atoms with E-state index in [2.05, 4.69) is 10.3 Å². The first-order valence-corrected chi connectivity index (χ1v) is 11.0. The lowest BCUT2D eigenvalue weighted by Gasteiger charge is -2.20. The third-order valence-electron chi connectivity index (χ3n) is 3.97. The van der Waals surface area contributed by atoms with E-state index in [1.165, 1.54) is 28.8 Å². The molecule has 0 aliphatic heterocycles. The molecule has 0 aromatic carbocycles. The van der Waals surface area contributed by atoms with Crippen LogP contribution in [0.4, 0.5) is 0 Å². The molecule has 0 radical (unpaired) electrons. The Bertz CT molecular complexity index is 999. The Morgan fingerprint density at radius 2 is 2.07 bits per heavy atom. The summed E-state index contributed by atoms with van der Waals surface area (Å²) in [6.07, 6.45) is 5.41. The van der Waals surface area contributed by atoms with Crippen LogP contribution in [-0.4, -0.2) is 30.2 Å². The number of pyridine rings is 1. The molecule has 1 amide bonds. The maximum atomic E-state index is 13.3. The van der Waals surface area contributed by atoms with Gasteiger partial charge in [0.25, 0.3) is 10.0 Å². The van der Waals surface area contributed by atoms with Crippen molar-refractivity contribution in [1.29, 1.82) is 0 Å². The van der Waals surface area contributed by atoms with Gasteiger partial charge in [0.2, 0.25) is 5.91 Å². The fourth-order valence-corrected chi connectivity index (χ4v) is 5.52. The lowest BCUT2D eigenvalue weighted by Crippen LogP contribution is -2.29. The number of furan rings is 1. The molecule has 0 spiro atoms. The molecule has 0 atom stereocenters. The monoisotopic (exact) mass is 419 g/mol. The predicted molar refractivity (Wildman–Crippen MR) is 106 cm³/mol. The summed E-state index contributed by atoms with van der Waals surface area (Å²) < 4.78 is 33.5. The zero-order valence-corrected chi connectivity index (χ0v) is 17.0. The van der Waals surface area contributed by atoms with Gasteiger partial charge in [0.15, 0.2) is 0 Å². The number of sulfonamides is 1. The summed E-state index contributed by atoms with van der Waals surface area (Å²) in [4.78, 5) is 15.9. The first-order chi connectivity index (χ1) is 13.4. The van der Waals surface area contributed by atoms with Crippen molar-refractivity contribution >= 4 is 27.3 Å². The quantitative estimate of drug-likeness (QED) is 0.576. The summed E-state index contributed by atoms with van der Waals surface area (Å²) in [5.41, 5.74) is 0.792. The minimum atomic E-state index is -3.72. The highest BCUT2D eigenvalue weighted by molar-refractivity contribution is 7.91. The van der Waals surface area contributed by atoms with E-state index in [4.69, 9.17) is 4.42 Å². The lowest BCUT2D eigenvalue weighted by molar-refractivity contribution is -0.118. The number of nitrogens with zero attached hydrogens (tertiary/aromatic N) is 2. The number of rotatable bonds is 9. The second kappa shape index (κ2) is 9.13. The van der Waals surface area contributed by atoms with Crippen LogP contribution in [0, 0.1) is 0 Å². The molecule has 7 nitrogen and oxygen atoms in total. The van der Waals surface area contributed by atoms with Gasteiger partial charge in [0.05, 0.1) is 12.8 Å². The average Bonchev–Trinajstić information content (AvgIpc) is 3.34. The van der Waals surface area contributed by atoms with Crippen LogP contribution in [0.5, 0.6) is 0 Å². The largest absolute Gasteiger partial charge is 0.468 e. The zero-order valence-electron chi connectivity index (χ0n) is 15.4. The molecule has 3 rings (SSSR count). The van der Waals surface area contributed by atoms with Crippen LogP contribution in [0.25, 0.3) is 0 Å². The molecule has 3 aromatic rings. The average molecular weight is 420 g/mol. The highest BCUT2D eigenvalue weighted by Gasteiger charge is 2.27. The van der Waals surface area contributed by atoms with E-state index in [-0.39, 0.29) is 23.2 Å². The van der Waals surface area contributed by atoms with Crippen LogP contribution in [0.15, 0.2) is 63.7 Å². The van der Waals surface area contributed by atoms with Gasteiger partial charge < -0.3 is 9.73 Å². The van der Waals surface area contributed by atoms with Gasteiger partial charge in [-0.1, -0.05) is 6.07 Å². The normalized spacial score (nSPS) is 11.6. The molecule has 0 fully saturated rings. The third-order valence-corrected chi connectivity index (χ3v) is 7.37. The number of nitrogens with one attached hydrogen (secondary N) is 1. The number of carbonyl (C=O) groups excluding carboxylic acids is 1. The van der Waals surface area contributed by atoms with Crippen LogP contribution in [-0.2, 0) is 34.3 Å². The van der Waals surface area contributed by atoms with Crippen LogP contribution >= 0.6 is 11.3 Å². The Balaban J connectivity index is 1.81. The van der Waals surface area contributed by atoms with Crippen molar-refractivity contribution in [2.75, 3.05) is 6.54 Å². The molecular formula is C19H21N3O4S2. The van der Waals surface area contributed by atoms with Crippen molar-refractivity contribution in [2.24, 2.45) is 0 Å². The molecule has 28 heavy (non-hydrogen) atoms. The molecule has 0 aliphatic rings. The first-order valence-electron chi connectivity index (χ1n) is 8.70. The summed E-state index contributed by atoms with van der Waals surface area (Å²) in [5.74, 6) is 0.459. The number of hydrogen-bond acceptors (Lipinski definition) is 6. The van der Waals surface area contributed by atoms with E-state index in [0.29, 0.717) is 18.7 Å². The molecule has 1 N–H and O–H groups in total. The Labute approximate surface area is 168 Å². The number of thiophene rings is 1. The molecule has 0 bridgehead atoms. The molecule has 148 valence electrons. The number of carbonyl (C=O) groups is 1. The van der Waals surface area contributed by atoms with E-state index >= 15 is 0 Å². The SMILES string of the molecule is CC(=O)NCCc1ccc(S(=O)(=O)N(Cc2cccnc2)Cc2ccco2)s1. The summed E-state index contributed by atoms with van der Waals surface area (Å²) in [5, 5.41) is 2.72. The number of amides is 1. The Morgan fingerprint density at radius 3 is 2.75 bits per heavy atom. The summed E-state index contributed by atoms with van der Waals surface area (Å²) in [7, 11) is -3.72. The molecular weight excluding hydrogens is 398 g/mol. The second-order valence-electron chi connectivity index (χ2n) is 6.17. The van der Waals surface area contributed by atoms with Gasteiger partial charge >= 0.3 is 0 Å². The molecule has 0 saturated heterocycles. The van der Waals surface area contributed by atoms with Crippen molar-refractivity contribution in [2.45, 2.75) is 30.6 Å². The standard InChI is InChI=1S/C19H21N3O4S2/c1-15(23)21-10-8-18-6-7-19(27-18)28(24,25)22(14-17-5-3-11-26-17)13-16-4-2-9-20-12-16/h2-7,9,11-12H,8,10,13-14H2,1H3,(H,21,23). The van der Waals surface area contributed by atoms with Crippen LogP contribution < -0.4 is 5.32 Å². The Kier molecular flexibility index (Phi) is 6.61. The number of aromatic nitrogens is 1. The minimum Gasteiger partial charge on any atom is -0.468 e. The Hall–Kier alpha value is -2.49. The highest BCUT2D eigenvalue weighted by Crippen LogP contribution is 2.27. The van der Waals surface area contributed by atoms with Gasteiger partial charge in [-0.05, 0) is 42.3 Å². The molecule has 3 aromatic heterocycles. The first kappa shape index (κ1) is 20.2. The maximum absolute atomic E-state index is 13.3. The van der Waals surface area contributed by atoms with Crippen LogP contribution in [0.2, 0.25) is 0 Å². The van der Waals surface area contributed by atoms with E-state index in [1.807, 2.05) is 6.07 Å². The topological polar surface area (TPSA) is 92.5 Å². The molecule has 0 saturated carbocycles. The van der Waals surface area contributed by atoms with Crippen LogP contribution in [0.3, 0.4) is 0 Å². The summed E-state index contributed by atoms with van der Waals surface area (Å²) in [6.45, 7) is 2.25. The van der Waals surface area contributed by atoms with Gasteiger partial charge in [0, 0.05) is 37.3 Å².